The second-order valence-corrected chi connectivity index (χ2v) is 9.81. The van der Waals surface area contributed by atoms with Crippen LogP contribution in [0.1, 0.15) is 38.3 Å². The van der Waals surface area contributed by atoms with Crippen molar-refractivity contribution in [2.45, 2.75) is 58.6 Å². The highest BCUT2D eigenvalue weighted by Crippen LogP contribution is 2.45. The van der Waals surface area contributed by atoms with Crippen LogP contribution < -0.4 is 26.0 Å². The number of aliphatic hydroxyl groups excluding tert-OH is 1. The van der Waals surface area contributed by atoms with E-state index < -0.39 is 76.3 Å². The van der Waals surface area contributed by atoms with Crippen LogP contribution in [-0.2, 0) is 6.18 Å². The van der Waals surface area contributed by atoms with E-state index in [9.17, 15) is 27.1 Å². The second kappa shape index (κ2) is 12.3. The van der Waals surface area contributed by atoms with Gasteiger partial charge in [-0.2, -0.15) is 18.2 Å². The Hall–Kier alpha value is -3.59. The van der Waals surface area contributed by atoms with Crippen LogP contribution in [0.15, 0.2) is 6.07 Å². The Kier molecular flexibility index (Phi) is 9.21. The van der Waals surface area contributed by atoms with Gasteiger partial charge in [0.2, 0.25) is 11.8 Å². The summed E-state index contributed by atoms with van der Waals surface area (Å²) in [6, 6.07) is -0.301. The first-order chi connectivity index (χ1) is 19.9. The average Bonchev–Trinajstić information content (AvgIpc) is 2.96. The van der Waals surface area contributed by atoms with Crippen LogP contribution in [0.3, 0.4) is 0 Å². The first kappa shape index (κ1) is 31.3. The molecule has 15 heteroatoms. The first-order valence-corrected chi connectivity index (χ1v) is 13.6. The molecule has 0 aliphatic carbocycles. The highest BCUT2D eigenvalue weighted by molar-refractivity contribution is 5.97. The Bertz CT molecular complexity index is 1460. The van der Waals surface area contributed by atoms with Crippen LogP contribution in [0.2, 0.25) is 0 Å². The Morgan fingerprint density at radius 3 is 2.48 bits per heavy atom. The lowest BCUT2D eigenvalue weighted by Crippen LogP contribution is -2.60. The Morgan fingerprint density at radius 2 is 1.83 bits per heavy atom. The van der Waals surface area contributed by atoms with E-state index in [4.69, 9.17) is 10.5 Å². The van der Waals surface area contributed by atoms with Gasteiger partial charge in [-0.25, -0.2) is 23.1 Å². The molecule has 1 aromatic carbocycles. The van der Waals surface area contributed by atoms with Crippen LogP contribution in [-0.4, -0.2) is 71.2 Å². The molecule has 1 saturated heterocycles. The van der Waals surface area contributed by atoms with Crippen LogP contribution in [0.4, 0.5) is 43.8 Å². The largest absolute Gasteiger partial charge is 0.474 e. The number of anilines is 3. The van der Waals surface area contributed by atoms with Gasteiger partial charge in [-0.15, -0.1) is 0 Å². The van der Waals surface area contributed by atoms with Crippen LogP contribution in [0.5, 0.6) is 5.88 Å². The van der Waals surface area contributed by atoms with Crippen molar-refractivity contribution in [1.29, 1.82) is 0 Å². The molecule has 2 aliphatic heterocycles. The number of aromatic nitrogens is 3. The number of ether oxygens (including phenoxy) is 1. The summed E-state index contributed by atoms with van der Waals surface area (Å²) in [6.07, 6.45) is -6.47. The fourth-order valence-corrected chi connectivity index (χ4v) is 4.91. The minimum Gasteiger partial charge on any atom is -0.474 e. The van der Waals surface area contributed by atoms with Gasteiger partial charge in [-0.3, -0.25) is 0 Å². The number of nitrogens with zero attached hydrogens (tertiary/aromatic N) is 4. The molecule has 230 valence electrons. The minimum atomic E-state index is -5.08. The molecule has 0 bridgehead atoms. The van der Waals surface area contributed by atoms with E-state index in [1.165, 1.54) is 4.90 Å². The van der Waals surface area contributed by atoms with Crippen molar-refractivity contribution < 1.29 is 36.2 Å². The first-order valence-electron chi connectivity index (χ1n) is 13.6. The number of nitrogens with two attached hydrogens (primary N) is 1. The molecular weight excluding hydrogens is 568 g/mol. The maximum Gasteiger partial charge on any atom is 0.417 e. The number of nitrogens with one attached hydrogen (secondary N) is 2. The molecule has 3 unspecified atom stereocenters. The van der Waals surface area contributed by atoms with Crippen molar-refractivity contribution in [3.05, 3.63) is 28.8 Å². The molecule has 2 aliphatic rings. The summed E-state index contributed by atoms with van der Waals surface area (Å²) in [5, 5.41) is 15.8. The van der Waals surface area contributed by atoms with Crippen molar-refractivity contribution in [2.75, 3.05) is 48.7 Å². The molecular formula is C27H33F6N7O2. The number of pyridine rings is 1. The maximum atomic E-state index is 16.3. The Labute approximate surface area is 238 Å². The molecule has 0 saturated carbocycles. The maximum absolute atomic E-state index is 16.3. The second-order valence-electron chi connectivity index (χ2n) is 9.81. The monoisotopic (exact) mass is 601 g/mol. The molecule has 0 spiro atoms. The van der Waals surface area contributed by atoms with Gasteiger partial charge in [0.25, 0.3) is 0 Å². The van der Waals surface area contributed by atoms with Crippen molar-refractivity contribution in [3.63, 3.8) is 0 Å². The van der Waals surface area contributed by atoms with Crippen molar-refractivity contribution in [3.8, 4) is 17.1 Å². The Morgan fingerprint density at radius 1 is 1.12 bits per heavy atom. The average molecular weight is 602 g/mol. The lowest BCUT2D eigenvalue weighted by Gasteiger charge is -2.43. The van der Waals surface area contributed by atoms with E-state index in [1.54, 1.807) is 6.92 Å². The number of halogens is 6. The van der Waals surface area contributed by atoms with Crippen LogP contribution >= 0.6 is 0 Å². The summed E-state index contributed by atoms with van der Waals surface area (Å²) in [6.45, 7) is 7.24. The third-order valence-electron chi connectivity index (χ3n) is 7.07. The third kappa shape index (κ3) is 5.71. The summed E-state index contributed by atoms with van der Waals surface area (Å²) in [7, 11) is 0. The predicted octanol–water partition coefficient (Wildman–Crippen LogP) is 4.60. The number of nitrogen functional groups attached to an aromatic ring is 1. The van der Waals surface area contributed by atoms with Crippen molar-refractivity contribution >= 4 is 28.4 Å². The molecule has 3 atom stereocenters. The summed E-state index contributed by atoms with van der Waals surface area (Å²) in [5.41, 5.74) is 0.745. The van der Waals surface area contributed by atoms with Crippen molar-refractivity contribution in [2.24, 2.45) is 0 Å². The third-order valence-corrected chi connectivity index (χ3v) is 7.07. The van der Waals surface area contributed by atoms with Gasteiger partial charge in [0, 0.05) is 18.7 Å². The summed E-state index contributed by atoms with van der Waals surface area (Å²) in [4.78, 5) is 14.2. The quantitative estimate of drug-likeness (QED) is 0.252. The smallest absolute Gasteiger partial charge is 0.417 e. The van der Waals surface area contributed by atoms with E-state index in [-0.39, 0.29) is 29.6 Å². The van der Waals surface area contributed by atoms with Gasteiger partial charge in [0.1, 0.15) is 34.4 Å². The molecule has 9 nitrogen and oxygen atoms in total. The zero-order valence-corrected chi connectivity index (χ0v) is 23.5. The molecule has 1 fully saturated rings. The summed E-state index contributed by atoms with van der Waals surface area (Å²) >= 11 is 0. The zero-order chi connectivity index (χ0) is 30.9. The SMILES string of the molecule is CC.Cc1c(F)c(N)cc(-c2nc3c4c(nc(N5CC(F)C5CO)nc4c2F)NCCNCCC(C)O3)c1C(F)(F)F. The van der Waals surface area contributed by atoms with Gasteiger partial charge >= 0.3 is 6.18 Å². The zero-order valence-electron chi connectivity index (χ0n) is 23.5. The fraction of sp³-hybridized carbons (Fsp3) is 0.519. The van der Waals surface area contributed by atoms with E-state index in [1.807, 2.05) is 13.8 Å². The van der Waals surface area contributed by atoms with Gasteiger partial charge in [-0.05, 0) is 38.4 Å². The standard InChI is InChI=1S/C25H27F6N7O2.C2H6/c1-10-3-4-33-5-6-34-22-16-21(36-24(37-22)38-8-13(26)15(38)9-39)19(28)20(35-23(16)40-10)12-7-14(32)18(27)11(2)17(12)25(29,30)31;1-2/h7,10,13,15,33,39H,3-6,8-9,32H2,1-2H3,(H,34,36,37);1-2H3. The molecule has 5 rings (SSSR count). The number of hydrogen-bond donors (Lipinski definition) is 4. The number of rotatable bonds is 3. The summed E-state index contributed by atoms with van der Waals surface area (Å²) in [5.74, 6) is -2.86. The lowest BCUT2D eigenvalue weighted by atomic mass is 9.96. The van der Waals surface area contributed by atoms with Crippen LogP contribution in [0, 0.1) is 18.6 Å². The van der Waals surface area contributed by atoms with E-state index in [0.29, 0.717) is 32.1 Å². The van der Waals surface area contributed by atoms with Gasteiger partial charge < -0.3 is 31.1 Å². The predicted molar refractivity (Wildman–Crippen MR) is 147 cm³/mol. The highest BCUT2D eigenvalue weighted by atomic mass is 19.4. The molecule has 0 radical (unpaired) electrons. The minimum absolute atomic E-state index is 0.0306. The highest BCUT2D eigenvalue weighted by Gasteiger charge is 2.42. The van der Waals surface area contributed by atoms with Gasteiger partial charge in [0.15, 0.2) is 5.82 Å². The molecule has 5 N–H and O–H groups in total. The topological polar surface area (TPSA) is 121 Å². The van der Waals surface area contributed by atoms with E-state index in [2.05, 4.69) is 25.6 Å². The lowest BCUT2D eigenvalue weighted by molar-refractivity contribution is -0.137. The van der Waals surface area contributed by atoms with E-state index >= 15 is 4.39 Å². The molecule has 3 aromatic rings. The molecule has 4 heterocycles. The summed E-state index contributed by atoms with van der Waals surface area (Å²) < 4.78 is 93.4. The number of benzene rings is 1. The van der Waals surface area contributed by atoms with Gasteiger partial charge in [-0.1, -0.05) is 13.8 Å². The molecule has 0 amide bonds. The van der Waals surface area contributed by atoms with E-state index in [0.717, 1.165) is 6.92 Å². The number of aliphatic hydroxyl groups is 1. The Balaban J connectivity index is 0.00000198. The molecule has 2 aromatic heterocycles. The van der Waals surface area contributed by atoms with Gasteiger partial charge in [0.05, 0.1) is 36.5 Å². The van der Waals surface area contributed by atoms with Crippen LogP contribution in [0.25, 0.3) is 22.2 Å². The number of hydrogen-bond acceptors (Lipinski definition) is 9. The normalized spacial score (nSPS) is 20.9. The fourth-order valence-electron chi connectivity index (χ4n) is 4.91. The number of alkyl halides is 4. The van der Waals surface area contributed by atoms with Crippen molar-refractivity contribution in [1.82, 2.24) is 20.3 Å². The molecule has 42 heavy (non-hydrogen) atoms.